The molecule has 0 radical (unpaired) electrons. The zero-order valence-electron chi connectivity index (χ0n) is 10.5. The summed E-state index contributed by atoms with van der Waals surface area (Å²) in [6.45, 7) is 0. The van der Waals surface area contributed by atoms with Gasteiger partial charge in [-0.15, -0.1) is 0 Å². The Balaban J connectivity index is 1.96. The third-order valence-corrected chi connectivity index (χ3v) is 3.81. The van der Waals surface area contributed by atoms with Crippen molar-refractivity contribution in [3.05, 3.63) is 65.2 Å². The van der Waals surface area contributed by atoms with Gasteiger partial charge in [-0.3, -0.25) is 0 Å². The summed E-state index contributed by atoms with van der Waals surface area (Å²) in [7, 11) is 1.70. The van der Waals surface area contributed by atoms with Gasteiger partial charge in [0.25, 0.3) is 0 Å². The van der Waals surface area contributed by atoms with Gasteiger partial charge in [-0.2, -0.15) is 0 Å². The van der Waals surface area contributed by atoms with Crippen LogP contribution in [0.4, 0.5) is 0 Å². The van der Waals surface area contributed by atoms with Crippen molar-refractivity contribution >= 4 is 0 Å². The first-order valence-electron chi connectivity index (χ1n) is 6.27. The molecule has 0 aromatic heterocycles. The van der Waals surface area contributed by atoms with E-state index in [2.05, 4.69) is 36.4 Å². The average Bonchev–Trinajstić information content (AvgIpc) is 2.76. The second-order valence-electron chi connectivity index (χ2n) is 4.81. The Kier molecular flexibility index (Phi) is 2.80. The van der Waals surface area contributed by atoms with Crippen molar-refractivity contribution in [3.8, 4) is 5.75 Å². The van der Waals surface area contributed by atoms with Crippen LogP contribution in [0.15, 0.2) is 48.5 Å². The molecule has 2 N–H and O–H groups in total. The number of fused-ring (bicyclic) bond motifs is 1. The maximum atomic E-state index is 6.37. The second kappa shape index (κ2) is 4.46. The second-order valence-corrected chi connectivity index (χ2v) is 4.81. The normalized spacial score (nSPS) is 21.7. The van der Waals surface area contributed by atoms with Crippen LogP contribution in [0.5, 0.6) is 5.75 Å². The van der Waals surface area contributed by atoms with Gasteiger partial charge in [-0.05, 0) is 35.2 Å². The Bertz CT molecular complexity index is 550. The number of benzene rings is 2. The fraction of sp³-hybridized carbons (Fsp3) is 0.250. The Morgan fingerprint density at radius 3 is 2.61 bits per heavy atom. The summed E-state index contributed by atoms with van der Waals surface area (Å²) >= 11 is 0. The summed E-state index contributed by atoms with van der Waals surface area (Å²) in [4.78, 5) is 0. The van der Waals surface area contributed by atoms with Crippen LogP contribution >= 0.6 is 0 Å². The van der Waals surface area contributed by atoms with Gasteiger partial charge >= 0.3 is 0 Å². The van der Waals surface area contributed by atoms with Gasteiger partial charge in [0, 0.05) is 12.0 Å². The van der Waals surface area contributed by atoms with Crippen LogP contribution in [0.25, 0.3) is 0 Å². The number of hydrogen-bond acceptors (Lipinski definition) is 2. The Hall–Kier alpha value is -1.80. The molecule has 2 aromatic rings. The molecule has 0 saturated carbocycles. The fourth-order valence-corrected chi connectivity index (χ4v) is 2.82. The number of methoxy groups -OCH3 is 1. The number of nitrogens with two attached hydrogens (primary N) is 1. The van der Waals surface area contributed by atoms with Crippen molar-refractivity contribution in [2.75, 3.05) is 7.11 Å². The number of ether oxygens (including phenoxy) is 1. The fourth-order valence-electron chi connectivity index (χ4n) is 2.82. The van der Waals surface area contributed by atoms with Crippen molar-refractivity contribution in [3.63, 3.8) is 0 Å². The van der Waals surface area contributed by atoms with E-state index >= 15 is 0 Å². The molecule has 0 unspecified atom stereocenters. The largest absolute Gasteiger partial charge is 0.497 e. The smallest absolute Gasteiger partial charge is 0.119 e. The molecule has 0 heterocycles. The quantitative estimate of drug-likeness (QED) is 0.874. The van der Waals surface area contributed by atoms with E-state index in [0.29, 0.717) is 5.92 Å². The van der Waals surface area contributed by atoms with Crippen LogP contribution in [0.2, 0.25) is 0 Å². The summed E-state index contributed by atoms with van der Waals surface area (Å²) in [5.41, 5.74) is 10.3. The van der Waals surface area contributed by atoms with E-state index in [1.54, 1.807) is 7.11 Å². The van der Waals surface area contributed by atoms with Gasteiger partial charge in [0.05, 0.1) is 7.11 Å². The molecule has 0 saturated heterocycles. The highest BCUT2D eigenvalue weighted by molar-refractivity contribution is 5.45. The number of rotatable bonds is 2. The van der Waals surface area contributed by atoms with Crippen LogP contribution < -0.4 is 10.5 Å². The maximum absolute atomic E-state index is 6.37. The molecule has 18 heavy (non-hydrogen) atoms. The summed E-state index contributed by atoms with van der Waals surface area (Å²) in [6.07, 6.45) is 0.998. The lowest BCUT2D eigenvalue weighted by atomic mass is 9.93. The number of hydrogen-bond donors (Lipinski definition) is 1. The summed E-state index contributed by atoms with van der Waals surface area (Å²) in [5, 5.41) is 0. The van der Waals surface area contributed by atoms with Crippen molar-refractivity contribution in [1.29, 1.82) is 0 Å². The lowest BCUT2D eigenvalue weighted by molar-refractivity contribution is 0.414. The molecule has 1 aliphatic rings. The summed E-state index contributed by atoms with van der Waals surface area (Å²) in [6, 6.07) is 16.8. The van der Waals surface area contributed by atoms with Crippen LogP contribution in [-0.2, 0) is 6.42 Å². The van der Waals surface area contributed by atoms with Crippen LogP contribution in [0.1, 0.15) is 28.7 Å². The van der Waals surface area contributed by atoms with E-state index in [4.69, 9.17) is 10.5 Å². The van der Waals surface area contributed by atoms with E-state index in [-0.39, 0.29) is 6.04 Å². The zero-order valence-corrected chi connectivity index (χ0v) is 10.5. The molecule has 0 amide bonds. The van der Waals surface area contributed by atoms with Gasteiger partial charge in [0.15, 0.2) is 0 Å². The van der Waals surface area contributed by atoms with Gasteiger partial charge in [-0.25, -0.2) is 0 Å². The lowest BCUT2D eigenvalue weighted by Crippen LogP contribution is -2.15. The van der Waals surface area contributed by atoms with Crippen molar-refractivity contribution in [2.24, 2.45) is 5.73 Å². The summed E-state index contributed by atoms with van der Waals surface area (Å²) in [5.74, 6) is 1.29. The minimum atomic E-state index is 0.0910. The standard InChI is InChI=1S/C16H17NO/c1-18-13-7-8-14-12(9-13)10-15(16(14)17)11-5-3-2-4-6-11/h2-9,15-16H,10,17H2,1H3/t15-,16-/m0/s1. The molecular weight excluding hydrogens is 222 g/mol. The molecule has 0 spiro atoms. The molecule has 2 atom stereocenters. The Labute approximate surface area is 107 Å². The molecule has 2 aromatic carbocycles. The monoisotopic (exact) mass is 239 g/mol. The van der Waals surface area contributed by atoms with E-state index in [9.17, 15) is 0 Å². The van der Waals surface area contributed by atoms with Crippen LogP contribution in [0.3, 0.4) is 0 Å². The predicted octanol–water partition coefficient (Wildman–Crippen LogP) is 3.03. The van der Waals surface area contributed by atoms with Gasteiger partial charge in [-0.1, -0.05) is 36.4 Å². The predicted molar refractivity (Wildman–Crippen MR) is 72.8 cm³/mol. The SMILES string of the molecule is COc1ccc2c(c1)C[C@@H](c1ccccc1)[C@H]2N. The first-order chi connectivity index (χ1) is 8.79. The minimum Gasteiger partial charge on any atom is -0.497 e. The van der Waals surface area contributed by atoms with Crippen LogP contribution in [-0.4, -0.2) is 7.11 Å². The molecule has 2 heteroatoms. The van der Waals surface area contributed by atoms with Gasteiger partial charge in [0.2, 0.25) is 0 Å². The first kappa shape index (κ1) is 11.3. The summed E-state index contributed by atoms with van der Waals surface area (Å²) < 4.78 is 5.27. The average molecular weight is 239 g/mol. The van der Waals surface area contributed by atoms with E-state index in [0.717, 1.165) is 12.2 Å². The molecular formula is C16H17NO. The topological polar surface area (TPSA) is 35.2 Å². The molecule has 0 aliphatic heterocycles. The minimum absolute atomic E-state index is 0.0910. The molecule has 92 valence electrons. The lowest BCUT2D eigenvalue weighted by Gasteiger charge is -2.16. The van der Waals surface area contributed by atoms with Gasteiger partial charge < -0.3 is 10.5 Å². The first-order valence-corrected chi connectivity index (χ1v) is 6.27. The van der Waals surface area contributed by atoms with E-state index < -0.39 is 0 Å². The Morgan fingerprint density at radius 2 is 1.89 bits per heavy atom. The molecule has 0 bridgehead atoms. The molecule has 0 fully saturated rings. The molecule has 1 aliphatic carbocycles. The van der Waals surface area contributed by atoms with Crippen molar-refractivity contribution in [2.45, 2.75) is 18.4 Å². The highest BCUT2D eigenvalue weighted by atomic mass is 16.5. The van der Waals surface area contributed by atoms with Crippen molar-refractivity contribution in [1.82, 2.24) is 0 Å². The van der Waals surface area contributed by atoms with Crippen LogP contribution in [0, 0.1) is 0 Å². The third-order valence-electron chi connectivity index (χ3n) is 3.81. The highest BCUT2D eigenvalue weighted by Gasteiger charge is 2.30. The molecule has 3 rings (SSSR count). The van der Waals surface area contributed by atoms with E-state index in [1.807, 2.05) is 12.1 Å². The van der Waals surface area contributed by atoms with E-state index in [1.165, 1.54) is 16.7 Å². The third kappa shape index (κ3) is 1.79. The maximum Gasteiger partial charge on any atom is 0.119 e. The highest BCUT2D eigenvalue weighted by Crippen LogP contribution is 2.41. The van der Waals surface area contributed by atoms with Gasteiger partial charge in [0.1, 0.15) is 5.75 Å². The Morgan fingerprint density at radius 1 is 1.11 bits per heavy atom. The zero-order chi connectivity index (χ0) is 12.5. The van der Waals surface area contributed by atoms with Crippen molar-refractivity contribution < 1.29 is 4.74 Å². The molecule has 2 nitrogen and oxygen atoms in total.